The van der Waals surface area contributed by atoms with Gasteiger partial charge in [-0.15, -0.1) is 0 Å². The minimum atomic E-state index is 0.937. The van der Waals surface area contributed by atoms with E-state index in [4.69, 9.17) is 4.74 Å². The van der Waals surface area contributed by atoms with E-state index >= 15 is 0 Å². The molecule has 0 unspecified atom stereocenters. The number of benzene rings is 2. The topological polar surface area (TPSA) is 9.23 Å². The molecule has 1 nitrogen and oxygen atoms in total. The highest BCUT2D eigenvalue weighted by Crippen LogP contribution is 2.34. The summed E-state index contributed by atoms with van der Waals surface area (Å²) < 4.78 is 5.51. The Hall–Kier alpha value is -2.02. The number of unbranched alkanes of at least 4 members (excludes halogenated alkanes) is 1. The van der Waals surface area contributed by atoms with Gasteiger partial charge in [0, 0.05) is 0 Å². The maximum Gasteiger partial charge on any atom is 0.122 e. The van der Waals surface area contributed by atoms with E-state index in [-0.39, 0.29) is 0 Å². The molecule has 2 aromatic carbocycles. The van der Waals surface area contributed by atoms with E-state index in [1.54, 1.807) is 7.11 Å². The molecule has 3 rings (SSSR count). The van der Waals surface area contributed by atoms with Crippen LogP contribution >= 0.6 is 0 Å². The van der Waals surface area contributed by atoms with Crippen LogP contribution in [-0.2, 0) is 19.3 Å². The van der Waals surface area contributed by atoms with Gasteiger partial charge in [-0.05, 0) is 72.3 Å². The third kappa shape index (κ3) is 7.56. The molecular weight excluding hydrogens is 376 g/mol. The number of hydrogen-bond acceptors (Lipinski definition) is 1. The first-order chi connectivity index (χ1) is 15.2. The third-order valence-electron chi connectivity index (χ3n) is 7.21. The molecule has 0 spiro atoms. The van der Waals surface area contributed by atoms with Crippen LogP contribution in [0.5, 0.6) is 5.75 Å². The summed E-state index contributed by atoms with van der Waals surface area (Å²) in [5.41, 5.74) is 5.55. The lowest BCUT2D eigenvalue weighted by atomic mass is 9.77. The second-order valence-electron chi connectivity index (χ2n) is 9.51. The summed E-state index contributed by atoms with van der Waals surface area (Å²) >= 11 is 0. The van der Waals surface area contributed by atoms with Crippen LogP contribution in [0.2, 0.25) is 0 Å². The van der Waals surface area contributed by atoms with Crippen molar-refractivity contribution in [3.05, 3.63) is 71.3 Å². The van der Waals surface area contributed by atoms with Gasteiger partial charge in [-0.2, -0.15) is 0 Å². The van der Waals surface area contributed by atoms with Crippen molar-refractivity contribution in [3.63, 3.8) is 0 Å². The molecule has 0 aliphatic heterocycles. The average molecular weight is 419 g/mol. The van der Waals surface area contributed by atoms with E-state index in [9.17, 15) is 0 Å². The fraction of sp³-hybridized carbons (Fsp3) is 0.533. The van der Waals surface area contributed by atoms with Gasteiger partial charge in [-0.25, -0.2) is 0 Å². The molecule has 0 atom stereocenters. The standard InChI is InChI=1S/C30H42O/c1-4-8-29-23-28(21-22-30(29)31-3)10-7-6-9-25-15-17-27(18-16-25)20-19-26-13-11-24(5-2)12-14-26/h5,11-14,21-23,25,27H,2,4,6-10,15-20H2,1,3H3. The molecule has 1 aliphatic rings. The van der Waals surface area contributed by atoms with Crippen molar-refractivity contribution >= 4 is 6.08 Å². The normalized spacial score (nSPS) is 18.6. The molecule has 1 fully saturated rings. The number of ether oxygens (including phenoxy) is 1. The summed E-state index contributed by atoms with van der Waals surface area (Å²) in [7, 11) is 1.78. The molecule has 0 radical (unpaired) electrons. The number of aryl methyl sites for hydroxylation is 3. The molecule has 31 heavy (non-hydrogen) atoms. The zero-order valence-corrected chi connectivity index (χ0v) is 19.9. The van der Waals surface area contributed by atoms with Gasteiger partial charge in [0.2, 0.25) is 0 Å². The molecule has 0 bridgehead atoms. The predicted octanol–water partition coefficient (Wildman–Crippen LogP) is 8.44. The smallest absolute Gasteiger partial charge is 0.122 e. The SMILES string of the molecule is C=Cc1ccc(CCC2CCC(CCCCc3ccc(OC)c(CCC)c3)CC2)cc1. The molecular formula is C30H42O. The van der Waals surface area contributed by atoms with Crippen molar-refractivity contribution in [2.45, 2.75) is 84.0 Å². The van der Waals surface area contributed by atoms with Crippen LogP contribution in [0.1, 0.15) is 87.0 Å². The highest BCUT2D eigenvalue weighted by atomic mass is 16.5. The largest absolute Gasteiger partial charge is 0.496 e. The summed E-state index contributed by atoms with van der Waals surface area (Å²) in [5.74, 6) is 2.96. The molecule has 0 aromatic heterocycles. The average Bonchev–Trinajstić information content (AvgIpc) is 2.82. The summed E-state index contributed by atoms with van der Waals surface area (Å²) in [5, 5.41) is 0. The molecule has 1 saturated carbocycles. The minimum absolute atomic E-state index is 0.937. The zero-order chi connectivity index (χ0) is 21.9. The van der Waals surface area contributed by atoms with Crippen molar-refractivity contribution in [2.75, 3.05) is 7.11 Å². The Morgan fingerprint density at radius 2 is 1.52 bits per heavy atom. The lowest BCUT2D eigenvalue weighted by Gasteiger charge is -2.28. The fourth-order valence-electron chi connectivity index (χ4n) is 5.21. The van der Waals surface area contributed by atoms with E-state index in [1.807, 2.05) is 6.08 Å². The first-order valence-corrected chi connectivity index (χ1v) is 12.6. The van der Waals surface area contributed by atoms with Gasteiger partial charge in [0.05, 0.1) is 7.11 Å². The highest BCUT2D eigenvalue weighted by molar-refractivity contribution is 5.47. The quantitative estimate of drug-likeness (QED) is 0.314. The molecule has 0 heterocycles. The number of methoxy groups -OCH3 is 1. The lowest BCUT2D eigenvalue weighted by molar-refractivity contribution is 0.249. The van der Waals surface area contributed by atoms with Crippen LogP contribution in [0.4, 0.5) is 0 Å². The Kier molecular flexibility index (Phi) is 9.72. The Labute approximate surface area is 190 Å². The molecule has 0 N–H and O–H groups in total. The van der Waals surface area contributed by atoms with Gasteiger partial charge in [-0.3, -0.25) is 0 Å². The van der Waals surface area contributed by atoms with Crippen LogP contribution in [0.25, 0.3) is 6.08 Å². The van der Waals surface area contributed by atoms with Crippen LogP contribution in [0.15, 0.2) is 49.0 Å². The molecule has 1 aliphatic carbocycles. The Morgan fingerprint density at radius 1 is 0.839 bits per heavy atom. The maximum atomic E-state index is 5.51. The molecule has 168 valence electrons. The van der Waals surface area contributed by atoms with Gasteiger partial charge < -0.3 is 4.74 Å². The van der Waals surface area contributed by atoms with Crippen molar-refractivity contribution in [2.24, 2.45) is 11.8 Å². The van der Waals surface area contributed by atoms with Gasteiger partial charge in [0.15, 0.2) is 0 Å². The molecule has 0 amide bonds. The molecule has 0 saturated heterocycles. The summed E-state index contributed by atoms with van der Waals surface area (Å²) in [6.07, 6.45) is 17.9. The van der Waals surface area contributed by atoms with Crippen molar-refractivity contribution < 1.29 is 4.74 Å². The lowest BCUT2D eigenvalue weighted by Crippen LogP contribution is -2.15. The van der Waals surface area contributed by atoms with Crippen molar-refractivity contribution in [3.8, 4) is 5.75 Å². The van der Waals surface area contributed by atoms with Crippen molar-refractivity contribution in [1.29, 1.82) is 0 Å². The van der Waals surface area contributed by atoms with E-state index in [1.165, 1.54) is 92.9 Å². The van der Waals surface area contributed by atoms with E-state index < -0.39 is 0 Å². The summed E-state index contributed by atoms with van der Waals surface area (Å²) in [4.78, 5) is 0. The summed E-state index contributed by atoms with van der Waals surface area (Å²) in [6.45, 7) is 6.08. The zero-order valence-electron chi connectivity index (χ0n) is 19.9. The van der Waals surface area contributed by atoms with Gasteiger partial charge in [0.1, 0.15) is 5.75 Å². The van der Waals surface area contributed by atoms with E-state index in [2.05, 4.69) is 56.0 Å². The fourth-order valence-corrected chi connectivity index (χ4v) is 5.21. The second-order valence-corrected chi connectivity index (χ2v) is 9.51. The molecule has 2 aromatic rings. The van der Waals surface area contributed by atoms with Crippen LogP contribution in [0, 0.1) is 11.8 Å². The Morgan fingerprint density at radius 3 is 2.16 bits per heavy atom. The van der Waals surface area contributed by atoms with Gasteiger partial charge in [0.25, 0.3) is 0 Å². The van der Waals surface area contributed by atoms with E-state index in [0.717, 1.165) is 24.0 Å². The predicted molar refractivity (Wildman–Crippen MR) is 135 cm³/mol. The number of rotatable bonds is 12. The molecule has 1 heteroatoms. The monoisotopic (exact) mass is 418 g/mol. The van der Waals surface area contributed by atoms with Crippen LogP contribution in [0.3, 0.4) is 0 Å². The van der Waals surface area contributed by atoms with Crippen LogP contribution in [-0.4, -0.2) is 7.11 Å². The van der Waals surface area contributed by atoms with Crippen molar-refractivity contribution in [1.82, 2.24) is 0 Å². The first-order valence-electron chi connectivity index (χ1n) is 12.6. The minimum Gasteiger partial charge on any atom is -0.496 e. The highest BCUT2D eigenvalue weighted by Gasteiger charge is 2.20. The van der Waals surface area contributed by atoms with Gasteiger partial charge >= 0.3 is 0 Å². The first kappa shape index (κ1) is 23.6. The second kappa shape index (κ2) is 12.7. The number of hydrogen-bond donors (Lipinski definition) is 0. The third-order valence-corrected chi connectivity index (χ3v) is 7.21. The Balaban J connectivity index is 1.31. The Bertz CT molecular complexity index is 781. The van der Waals surface area contributed by atoms with E-state index in [0.29, 0.717) is 0 Å². The summed E-state index contributed by atoms with van der Waals surface area (Å²) in [6, 6.07) is 15.7. The van der Waals surface area contributed by atoms with Crippen LogP contribution < -0.4 is 4.74 Å². The maximum absolute atomic E-state index is 5.51. The van der Waals surface area contributed by atoms with Gasteiger partial charge in [-0.1, -0.05) is 101 Å².